The summed E-state index contributed by atoms with van der Waals surface area (Å²) >= 11 is 0.872. The van der Waals surface area contributed by atoms with Gasteiger partial charge in [0.05, 0.1) is 4.91 Å². The Kier molecular flexibility index (Phi) is 7.66. The Hall–Kier alpha value is -2.81. The van der Waals surface area contributed by atoms with E-state index in [1.807, 2.05) is 31.2 Å². The number of hydrogen-bond acceptors (Lipinski definition) is 6. The van der Waals surface area contributed by atoms with Crippen LogP contribution in [0.1, 0.15) is 38.8 Å². The van der Waals surface area contributed by atoms with Crippen LogP contribution in [0.4, 0.5) is 9.59 Å². The molecule has 1 unspecified atom stereocenters. The summed E-state index contributed by atoms with van der Waals surface area (Å²) in [6.45, 7) is 8.78. The highest BCUT2D eigenvalue weighted by atomic mass is 32.2. The quantitative estimate of drug-likeness (QED) is 0.668. The van der Waals surface area contributed by atoms with E-state index < -0.39 is 23.6 Å². The normalized spacial score (nSPS) is 16.6. The van der Waals surface area contributed by atoms with Gasteiger partial charge in [0.1, 0.15) is 11.6 Å². The molecule has 2 rings (SSSR count). The van der Waals surface area contributed by atoms with Crippen LogP contribution in [0.15, 0.2) is 29.2 Å². The maximum absolute atomic E-state index is 12.5. The van der Waals surface area contributed by atoms with Gasteiger partial charge in [-0.2, -0.15) is 0 Å². The molecule has 0 spiro atoms. The zero-order valence-electron chi connectivity index (χ0n) is 17.8. The van der Waals surface area contributed by atoms with Crippen molar-refractivity contribution in [3.8, 4) is 0 Å². The maximum atomic E-state index is 12.5. The van der Waals surface area contributed by atoms with E-state index in [0.29, 0.717) is 4.91 Å². The van der Waals surface area contributed by atoms with Gasteiger partial charge < -0.3 is 15.4 Å². The molecule has 2 N–H and O–H groups in total. The molecule has 1 aliphatic rings. The molecule has 30 heavy (non-hydrogen) atoms. The average molecular weight is 434 g/mol. The summed E-state index contributed by atoms with van der Waals surface area (Å²) in [7, 11) is 0. The Bertz CT molecular complexity index is 858. The molecule has 1 aromatic rings. The zero-order chi connectivity index (χ0) is 22.5. The monoisotopic (exact) mass is 433 g/mol. The van der Waals surface area contributed by atoms with Crippen molar-refractivity contribution in [2.75, 3.05) is 13.1 Å². The fourth-order valence-corrected chi connectivity index (χ4v) is 3.37. The fraction of sp³-hybridized carbons (Fsp3) is 0.429. The summed E-state index contributed by atoms with van der Waals surface area (Å²) in [5.74, 6) is -0.831. The van der Waals surface area contributed by atoms with E-state index in [1.54, 1.807) is 26.8 Å². The molecule has 1 aromatic carbocycles. The first-order valence-corrected chi connectivity index (χ1v) is 10.4. The smallest absolute Gasteiger partial charge is 0.408 e. The van der Waals surface area contributed by atoms with Gasteiger partial charge in [0.2, 0.25) is 5.91 Å². The van der Waals surface area contributed by atoms with E-state index in [1.165, 1.54) is 6.92 Å². The number of rotatable bonds is 6. The second kappa shape index (κ2) is 9.80. The number of ether oxygens (including phenoxy) is 1. The van der Waals surface area contributed by atoms with Gasteiger partial charge in [0.15, 0.2) is 0 Å². The highest BCUT2D eigenvalue weighted by Crippen LogP contribution is 2.31. The number of imide groups is 1. The van der Waals surface area contributed by atoms with Crippen LogP contribution in [0.2, 0.25) is 0 Å². The lowest BCUT2D eigenvalue weighted by molar-refractivity contribution is -0.125. The van der Waals surface area contributed by atoms with Crippen LogP contribution in [0.3, 0.4) is 0 Å². The molecular weight excluding hydrogens is 406 g/mol. The van der Waals surface area contributed by atoms with Crippen molar-refractivity contribution in [2.45, 2.75) is 46.3 Å². The van der Waals surface area contributed by atoms with E-state index >= 15 is 0 Å². The largest absolute Gasteiger partial charge is 0.444 e. The number of alkyl carbamates (subject to hydrolysis) is 1. The molecule has 1 aliphatic heterocycles. The summed E-state index contributed by atoms with van der Waals surface area (Å²) in [4.78, 5) is 50.0. The van der Waals surface area contributed by atoms with Crippen LogP contribution in [-0.4, -0.2) is 52.8 Å². The highest BCUT2D eigenvalue weighted by molar-refractivity contribution is 8.18. The second-order valence-corrected chi connectivity index (χ2v) is 8.90. The van der Waals surface area contributed by atoms with E-state index in [0.717, 1.165) is 27.8 Å². The third-order valence-electron chi connectivity index (χ3n) is 4.01. The van der Waals surface area contributed by atoms with Crippen molar-refractivity contribution in [1.82, 2.24) is 15.5 Å². The van der Waals surface area contributed by atoms with Gasteiger partial charge >= 0.3 is 6.09 Å². The Morgan fingerprint density at radius 3 is 2.43 bits per heavy atom. The molecule has 0 aromatic heterocycles. The molecule has 0 saturated carbocycles. The lowest BCUT2D eigenvalue weighted by Gasteiger charge is -2.22. The highest BCUT2D eigenvalue weighted by Gasteiger charge is 2.34. The summed E-state index contributed by atoms with van der Waals surface area (Å²) in [6.07, 6.45) is 0.979. The molecule has 9 heteroatoms. The number of nitrogens with one attached hydrogen (secondary N) is 2. The predicted octanol–water partition coefficient (Wildman–Crippen LogP) is 3.06. The molecule has 8 nitrogen and oxygen atoms in total. The Balaban J connectivity index is 1.84. The molecule has 162 valence electrons. The maximum Gasteiger partial charge on any atom is 0.408 e. The number of aryl methyl sites for hydroxylation is 1. The second-order valence-electron chi connectivity index (χ2n) is 7.90. The lowest BCUT2D eigenvalue weighted by atomic mass is 10.1. The van der Waals surface area contributed by atoms with Crippen molar-refractivity contribution < 1.29 is 23.9 Å². The number of carbonyl (C=O) groups excluding carboxylic acids is 4. The fourth-order valence-electron chi connectivity index (χ4n) is 2.50. The number of nitrogens with zero attached hydrogens (tertiary/aromatic N) is 1. The van der Waals surface area contributed by atoms with Gasteiger partial charge in [-0.15, -0.1) is 0 Å². The lowest BCUT2D eigenvalue weighted by Crippen LogP contribution is -2.48. The van der Waals surface area contributed by atoms with Gasteiger partial charge in [-0.1, -0.05) is 29.8 Å². The summed E-state index contributed by atoms with van der Waals surface area (Å²) in [6, 6.07) is 6.79. The number of hydrogen-bond donors (Lipinski definition) is 2. The minimum absolute atomic E-state index is 0.0425. The van der Waals surface area contributed by atoms with E-state index in [2.05, 4.69) is 10.6 Å². The molecular formula is C21H27N3O5S. The van der Waals surface area contributed by atoms with Crippen LogP contribution >= 0.6 is 11.8 Å². The van der Waals surface area contributed by atoms with Crippen molar-refractivity contribution in [1.29, 1.82) is 0 Å². The summed E-state index contributed by atoms with van der Waals surface area (Å²) < 4.78 is 5.10. The first kappa shape index (κ1) is 23.5. The van der Waals surface area contributed by atoms with E-state index in [-0.39, 0.29) is 24.2 Å². The first-order chi connectivity index (χ1) is 14.0. The topological polar surface area (TPSA) is 105 Å². The minimum atomic E-state index is -0.823. The standard InChI is InChI=1S/C21H27N3O5S/c1-13-6-8-15(9-7-13)12-16-18(26)24(20(28)30-16)11-10-22-17(25)14(2)23-19(27)29-21(3,4)5/h6-9,12,14H,10-11H2,1-5H3,(H,22,25)(H,23,27)/b16-12+. The molecule has 1 fully saturated rings. The zero-order valence-corrected chi connectivity index (χ0v) is 18.6. The van der Waals surface area contributed by atoms with E-state index in [4.69, 9.17) is 4.74 Å². The van der Waals surface area contributed by atoms with Crippen molar-refractivity contribution in [3.05, 3.63) is 40.3 Å². The van der Waals surface area contributed by atoms with Gasteiger partial charge in [0, 0.05) is 13.1 Å². The van der Waals surface area contributed by atoms with Crippen molar-refractivity contribution >= 4 is 41.0 Å². The number of benzene rings is 1. The van der Waals surface area contributed by atoms with Crippen LogP contribution < -0.4 is 10.6 Å². The molecule has 0 aliphatic carbocycles. The minimum Gasteiger partial charge on any atom is -0.444 e. The molecule has 1 saturated heterocycles. The predicted molar refractivity (Wildman–Crippen MR) is 116 cm³/mol. The number of carbonyl (C=O) groups is 4. The van der Waals surface area contributed by atoms with E-state index in [9.17, 15) is 19.2 Å². The summed E-state index contributed by atoms with van der Waals surface area (Å²) in [5.41, 5.74) is 1.27. The molecule has 0 bridgehead atoms. The van der Waals surface area contributed by atoms with Crippen molar-refractivity contribution in [3.63, 3.8) is 0 Å². The van der Waals surface area contributed by atoms with Gasteiger partial charge in [0.25, 0.3) is 11.1 Å². The summed E-state index contributed by atoms with van der Waals surface area (Å²) in [5, 5.41) is 4.66. The Labute approximate surface area is 180 Å². The average Bonchev–Trinajstić information content (AvgIpc) is 2.89. The third kappa shape index (κ3) is 6.91. The Morgan fingerprint density at radius 2 is 1.83 bits per heavy atom. The van der Waals surface area contributed by atoms with Gasteiger partial charge in [-0.25, -0.2) is 4.79 Å². The number of thioether (sulfide) groups is 1. The van der Waals surface area contributed by atoms with Crippen LogP contribution in [0, 0.1) is 6.92 Å². The van der Waals surface area contributed by atoms with Crippen LogP contribution in [-0.2, 0) is 14.3 Å². The van der Waals surface area contributed by atoms with Crippen LogP contribution in [0.25, 0.3) is 6.08 Å². The molecule has 4 amide bonds. The van der Waals surface area contributed by atoms with Crippen LogP contribution in [0.5, 0.6) is 0 Å². The van der Waals surface area contributed by atoms with Gasteiger partial charge in [-0.05, 0) is 58.0 Å². The number of amides is 4. The van der Waals surface area contributed by atoms with Gasteiger partial charge in [-0.3, -0.25) is 19.3 Å². The first-order valence-electron chi connectivity index (χ1n) is 9.55. The third-order valence-corrected chi connectivity index (χ3v) is 4.92. The molecule has 1 heterocycles. The Morgan fingerprint density at radius 1 is 1.20 bits per heavy atom. The SMILES string of the molecule is Cc1ccc(/C=C2/SC(=O)N(CCNC(=O)C(C)NC(=O)OC(C)(C)C)C2=O)cc1. The van der Waals surface area contributed by atoms with Crippen molar-refractivity contribution in [2.24, 2.45) is 0 Å². The molecule has 0 radical (unpaired) electrons. The molecule has 1 atom stereocenters.